The molecule has 0 unspecified atom stereocenters. The summed E-state index contributed by atoms with van der Waals surface area (Å²) in [7, 11) is 0. The van der Waals surface area contributed by atoms with E-state index in [1.165, 1.54) is 0 Å². The summed E-state index contributed by atoms with van der Waals surface area (Å²) in [4.78, 5) is 11.5. The third-order valence-electron chi connectivity index (χ3n) is 2.13. The van der Waals surface area contributed by atoms with E-state index in [9.17, 15) is 4.79 Å². The Morgan fingerprint density at radius 3 is 2.56 bits per heavy atom. The van der Waals surface area contributed by atoms with E-state index in [4.69, 9.17) is 14.2 Å². The molecule has 1 rings (SSSR count). The van der Waals surface area contributed by atoms with Gasteiger partial charge in [-0.25, -0.2) is 4.79 Å². The molecule has 4 heteroatoms. The topological polar surface area (TPSA) is 44.8 Å². The van der Waals surface area contributed by atoms with Crippen molar-refractivity contribution < 1.29 is 19.0 Å². The number of ether oxygens (including phenoxy) is 3. The summed E-state index contributed by atoms with van der Waals surface area (Å²) in [5, 5.41) is 0. The molecule has 0 spiro atoms. The summed E-state index contributed by atoms with van der Waals surface area (Å²) in [6, 6.07) is 0. The van der Waals surface area contributed by atoms with Crippen molar-refractivity contribution in [3.05, 3.63) is 11.6 Å². The molecule has 1 atom stereocenters. The van der Waals surface area contributed by atoms with Gasteiger partial charge in [-0.05, 0) is 40.7 Å². The molecule has 0 aromatic carbocycles. The first-order chi connectivity index (χ1) is 7.30. The average molecular weight is 228 g/mol. The second-order valence-corrected chi connectivity index (χ2v) is 4.67. The molecular formula is C12H20O4. The average Bonchev–Trinajstić information content (AvgIpc) is 2.44. The number of hydrogen-bond acceptors (Lipinski definition) is 4. The number of hydrogen-bond donors (Lipinski definition) is 0. The number of esters is 1. The molecule has 0 N–H and O–H groups in total. The lowest BCUT2D eigenvalue weighted by atomic mass is 10.2. The van der Waals surface area contributed by atoms with Crippen LogP contribution in [0.3, 0.4) is 0 Å². The summed E-state index contributed by atoms with van der Waals surface area (Å²) < 4.78 is 16.0. The van der Waals surface area contributed by atoms with Crippen molar-refractivity contribution in [2.45, 2.75) is 52.6 Å². The second kappa shape index (κ2) is 4.97. The van der Waals surface area contributed by atoms with Gasteiger partial charge in [0.15, 0.2) is 5.79 Å². The molecule has 0 bridgehead atoms. The number of rotatable bonds is 3. The van der Waals surface area contributed by atoms with Crippen molar-refractivity contribution in [3.63, 3.8) is 0 Å². The lowest BCUT2D eigenvalue weighted by Crippen LogP contribution is -2.21. The number of carbonyl (C=O) groups excluding carboxylic acids is 1. The minimum Gasteiger partial charge on any atom is -0.460 e. The van der Waals surface area contributed by atoms with Crippen molar-refractivity contribution in [1.82, 2.24) is 0 Å². The maximum Gasteiger partial charge on any atom is 0.333 e. The maximum absolute atomic E-state index is 11.5. The smallest absolute Gasteiger partial charge is 0.333 e. The van der Waals surface area contributed by atoms with E-state index in [0.717, 1.165) is 0 Å². The largest absolute Gasteiger partial charge is 0.460 e. The Kier molecular flexibility index (Phi) is 4.10. The molecule has 1 fully saturated rings. The zero-order valence-corrected chi connectivity index (χ0v) is 10.6. The Bertz CT molecular complexity index is 291. The lowest BCUT2D eigenvalue weighted by Gasteiger charge is -2.16. The van der Waals surface area contributed by atoms with Crippen LogP contribution in [0.4, 0.5) is 0 Å². The van der Waals surface area contributed by atoms with Crippen LogP contribution in [-0.2, 0) is 19.0 Å². The summed E-state index contributed by atoms with van der Waals surface area (Å²) in [6.07, 6.45) is 1.47. The van der Waals surface area contributed by atoms with Crippen molar-refractivity contribution in [3.8, 4) is 0 Å². The van der Waals surface area contributed by atoms with Crippen LogP contribution in [0.1, 0.15) is 34.6 Å². The third-order valence-corrected chi connectivity index (χ3v) is 2.13. The Balaban J connectivity index is 2.54. The Labute approximate surface area is 96.6 Å². The summed E-state index contributed by atoms with van der Waals surface area (Å²) in [5.41, 5.74) is 0.556. The summed E-state index contributed by atoms with van der Waals surface area (Å²) in [6.45, 7) is 9.54. The van der Waals surface area contributed by atoms with E-state index in [1.807, 2.05) is 27.7 Å². The summed E-state index contributed by atoms with van der Waals surface area (Å²) in [5.74, 6) is -0.869. The third kappa shape index (κ3) is 3.94. The van der Waals surface area contributed by atoms with Crippen LogP contribution in [0.15, 0.2) is 11.6 Å². The predicted octanol–water partition coefficient (Wildman–Crippen LogP) is 2.04. The van der Waals surface area contributed by atoms with Gasteiger partial charge in [-0.2, -0.15) is 0 Å². The Morgan fingerprint density at radius 1 is 1.50 bits per heavy atom. The van der Waals surface area contributed by atoms with Crippen LogP contribution < -0.4 is 0 Å². The molecule has 0 aromatic heterocycles. The van der Waals surface area contributed by atoms with E-state index in [1.54, 1.807) is 13.0 Å². The van der Waals surface area contributed by atoms with Crippen LogP contribution in [-0.4, -0.2) is 30.6 Å². The van der Waals surface area contributed by atoms with Crippen molar-refractivity contribution >= 4 is 5.97 Å². The van der Waals surface area contributed by atoms with Crippen molar-refractivity contribution in [2.24, 2.45) is 0 Å². The zero-order valence-electron chi connectivity index (χ0n) is 10.6. The maximum atomic E-state index is 11.5. The highest BCUT2D eigenvalue weighted by Gasteiger charge is 2.31. The minimum atomic E-state index is -0.566. The van der Waals surface area contributed by atoms with Gasteiger partial charge < -0.3 is 14.2 Å². The molecule has 0 aromatic rings. The first kappa shape index (κ1) is 13.2. The SMILES string of the molecule is C/C(=C\[C@H]1COC(C)(C)O1)C(=O)OC(C)C. The van der Waals surface area contributed by atoms with Crippen LogP contribution in [0.2, 0.25) is 0 Å². The monoisotopic (exact) mass is 228 g/mol. The molecule has 4 nitrogen and oxygen atoms in total. The Hall–Kier alpha value is -0.870. The molecule has 1 saturated heterocycles. The van der Waals surface area contributed by atoms with Gasteiger partial charge >= 0.3 is 5.97 Å². The van der Waals surface area contributed by atoms with Gasteiger partial charge in [0, 0.05) is 5.57 Å². The van der Waals surface area contributed by atoms with Crippen LogP contribution in [0, 0.1) is 0 Å². The lowest BCUT2D eigenvalue weighted by molar-refractivity contribution is -0.143. The summed E-state index contributed by atoms with van der Waals surface area (Å²) >= 11 is 0. The molecule has 0 radical (unpaired) electrons. The quantitative estimate of drug-likeness (QED) is 0.547. The second-order valence-electron chi connectivity index (χ2n) is 4.67. The first-order valence-electron chi connectivity index (χ1n) is 5.51. The highest BCUT2D eigenvalue weighted by molar-refractivity contribution is 5.87. The van der Waals surface area contributed by atoms with Gasteiger partial charge in [-0.1, -0.05) is 0 Å². The fourth-order valence-corrected chi connectivity index (χ4v) is 1.45. The molecule has 92 valence electrons. The van der Waals surface area contributed by atoms with Crippen LogP contribution >= 0.6 is 0 Å². The zero-order chi connectivity index (χ0) is 12.3. The molecule has 1 heterocycles. The van der Waals surface area contributed by atoms with Gasteiger partial charge in [-0.15, -0.1) is 0 Å². The van der Waals surface area contributed by atoms with Gasteiger partial charge in [-0.3, -0.25) is 0 Å². The van der Waals surface area contributed by atoms with E-state index in [-0.39, 0.29) is 18.2 Å². The molecule has 0 aliphatic carbocycles. The van der Waals surface area contributed by atoms with Gasteiger partial charge in [0.2, 0.25) is 0 Å². The molecule has 0 amide bonds. The van der Waals surface area contributed by atoms with Crippen LogP contribution in [0.5, 0.6) is 0 Å². The van der Waals surface area contributed by atoms with Crippen molar-refractivity contribution in [2.75, 3.05) is 6.61 Å². The number of carbonyl (C=O) groups is 1. The molecule has 1 aliphatic rings. The predicted molar refractivity (Wildman–Crippen MR) is 59.9 cm³/mol. The fraction of sp³-hybridized carbons (Fsp3) is 0.750. The van der Waals surface area contributed by atoms with Gasteiger partial charge in [0.25, 0.3) is 0 Å². The van der Waals surface area contributed by atoms with E-state index in [0.29, 0.717) is 12.2 Å². The molecule has 0 saturated carbocycles. The van der Waals surface area contributed by atoms with Crippen LogP contribution in [0.25, 0.3) is 0 Å². The fourth-order valence-electron chi connectivity index (χ4n) is 1.45. The highest BCUT2D eigenvalue weighted by Crippen LogP contribution is 2.23. The van der Waals surface area contributed by atoms with Crippen molar-refractivity contribution in [1.29, 1.82) is 0 Å². The molecule has 16 heavy (non-hydrogen) atoms. The Morgan fingerprint density at radius 2 is 2.12 bits per heavy atom. The first-order valence-corrected chi connectivity index (χ1v) is 5.51. The minimum absolute atomic E-state index is 0.104. The van der Waals surface area contributed by atoms with E-state index in [2.05, 4.69) is 0 Å². The van der Waals surface area contributed by atoms with E-state index >= 15 is 0 Å². The normalized spacial score (nSPS) is 24.9. The van der Waals surface area contributed by atoms with Gasteiger partial charge in [0.05, 0.1) is 12.7 Å². The standard InChI is InChI=1S/C12H20O4/c1-8(2)15-11(13)9(3)6-10-7-14-12(4,5)16-10/h6,8,10H,7H2,1-5H3/b9-6+/t10-/m0/s1. The molecule has 1 aliphatic heterocycles. The van der Waals surface area contributed by atoms with E-state index < -0.39 is 5.79 Å². The highest BCUT2D eigenvalue weighted by atomic mass is 16.7. The van der Waals surface area contributed by atoms with Gasteiger partial charge in [0.1, 0.15) is 6.10 Å². The molecular weight excluding hydrogens is 208 g/mol.